The molecular formula is C6H12FNO4. The third-order valence-electron chi connectivity index (χ3n) is 2.00. The monoisotopic (exact) mass is 181 g/mol. The summed E-state index contributed by atoms with van der Waals surface area (Å²) in [5, 5.41) is 37.9. The molecule has 0 aliphatic carbocycles. The first-order valence-electron chi connectivity index (χ1n) is 3.60. The van der Waals surface area contributed by atoms with E-state index < -0.39 is 37.3 Å². The molecule has 6 heteroatoms. The van der Waals surface area contributed by atoms with Crippen LogP contribution in [-0.4, -0.2) is 57.7 Å². The lowest BCUT2D eigenvalue weighted by molar-refractivity contribution is -0.222. The molecular weight excluding hydrogens is 169 g/mol. The molecule has 2 unspecified atom stereocenters. The van der Waals surface area contributed by atoms with E-state index in [1.54, 1.807) is 0 Å². The average molecular weight is 181 g/mol. The van der Waals surface area contributed by atoms with E-state index in [0.717, 1.165) is 0 Å². The minimum Gasteiger partial charge on any atom is -0.395 e. The first-order chi connectivity index (χ1) is 5.49. The topological polar surface area (TPSA) is 93.0 Å². The van der Waals surface area contributed by atoms with Crippen LogP contribution in [0.4, 0.5) is 4.39 Å². The van der Waals surface area contributed by atoms with Crippen LogP contribution >= 0.6 is 0 Å². The predicted molar refractivity (Wildman–Crippen MR) is 36.9 cm³/mol. The fourth-order valence-corrected chi connectivity index (χ4v) is 1.15. The van der Waals surface area contributed by atoms with Gasteiger partial charge in [-0.3, -0.25) is 0 Å². The largest absolute Gasteiger partial charge is 0.395 e. The van der Waals surface area contributed by atoms with Gasteiger partial charge in [-0.05, 0) is 0 Å². The number of halogens is 1. The third-order valence-corrected chi connectivity index (χ3v) is 2.00. The number of alkyl halides is 1. The van der Waals surface area contributed by atoms with Crippen LogP contribution in [0.2, 0.25) is 0 Å². The van der Waals surface area contributed by atoms with Gasteiger partial charge in [-0.2, -0.15) is 0 Å². The fourth-order valence-electron chi connectivity index (χ4n) is 1.15. The summed E-state index contributed by atoms with van der Waals surface area (Å²) < 4.78 is 12.8. The lowest BCUT2D eigenvalue weighted by Crippen LogP contribution is -2.65. The molecule has 5 N–H and O–H groups in total. The molecule has 1 rings (SSSR count). The number of β-amino-alcohol motifs (C(OH)–C–C–N with tert-alkyl or cyclic N) is 1. The summed E-state index contributed by atoms with van der Waals surface area (Å²) in [7, 11) is 0. The Morgan fingerprint density at radius 1 is 1.50 bits per heavy atom. The van der Waals surface area contributed by atoms with Gasteiger partial charge in [0, 0.05) is 0 Å². The standard InChI is InChI=1S/C6H12FNO4/c7-6(12)2-8-3(1-9)4(10)5(6)11/h3-5,8-12H,1-2H2/t3?,4-,5-,6?/m1/s1. The average Bonchev–Trinajstić information content (AvgIpc) is 2.01. The molecule has 1 aliphatic rings. The van der Waals surface area contributed by atoms with Crippen LogP contribution in [0.25, 0.3) is 0 Å². The van der Waals surface area contributed by atoms with Gasteiger partial charge in [0.1, 0.15) is 12.2 Å². The molecule has 72 valence electrons. The van der Waals surface area contributed by atoms with Crippen molar-refractivity contribution < 1.29 is 24.8 Å². The van der Waals surface area contributed by atoms with Crippen molar-refractivity contribution in [3.05, 3.63) is 0 Å². The first kappa shape index (κ1) is 9.82. The van der Waals surface area contributed by atoms with Crippen molar-refractivity contribution in [1.29, 1.82) is 0 Å². The summed E-state index contributed by atoms with van der Waals surface area (Å²) in [6.45, 7) is -0.926. The van der Waals surface area contributed by atoms with Gasteiger partial charge in [-0.1, -0.05) is 0 Å². The lowest BCUT2D eigenvalue weighted by Gasteiger charge is -2.38. The molecule has 5 nitrogen and oxygen atoms in total. The second-order valence-corrected chi connectivity index (χ2v) is 2.92. The molecule has 0 radical (unpaired) electrons. The Morgan fingerprint density at radius 2 is 2.08 bits per heavy atom. The van der Waals surface area contributed by atoms with Crippen molar-refractivity contribution in [2.75, 3.05) is 13.2 Å². The van der Waals surface area contributed by atoms with Crippen molar-refractivity contribution in [3.63, 3.8) is 0 Å². The van der Waals surface area contributed by atoms with E-state index in [4.69, 9.17) is 20.4 Å². The van der Waals surface area contributed by atoms with Gasteiger partial charge in [0.15, 0.2) is 0 Å². The van der Waals surface area contributed by atoms with Crippen LogP contribution in [0.3, 0.4) is 0 Å². The number of piperidine rings is 1. The highest BCUT2D eigenvalue weighted by atomic mass is 19.2. The quantitative estimate of drug-likeness (QED) is 0.304. The Balaban J connectivity index is 2.65. The minimum absolute atomic E-state index is 0.422. The Kier molecular flexibility index (Phi) is 2.64. The molecule has 0 amide bonds. The fraction of sp³-hybridized carbons (Fsp3) is 1.00. The molecule has 0 bridgehead atoms. The van der Waals surface area contributed by atoms with Gasteiger partial charge in [0.25, 0.3) is 0 Å². The molecule has 0 aromatic carbocycles. The first-order valence-corrected chi connectivity index (χ1v) is 3.60. The highest BCUT2D eigenvalue weighted by molar-refractivity contribution is 4.95. The maximum Gasteiger partial charge on any atom is 0.248 e. The van der Waals surface area contributed by atoms with Crippen molar-refractivity contribution >= 4 is 0 Å². The van der Waals surface area contributed by atoms with Gasteiger partial charge in [0.2, 0.25) is 5.85 Å². The maximum absolute atomic E-state index is 12.8. The second kappa shape index (κ2) is 3.23. The SMILES string of the molecule is OCC1NCC(O)(F)[C@H](O)[C@@H]1O. The molecule has 4 atom stereocenters. The molecule has 12 heavy (non-hydrogen) atoms. The molecule has 1 aliphatic heterocycles. The molecule has 0 saturated carbocycles. The molecule has 0 aromatic heterocycles. The number of aliphatic hydroxyl groups excluding tert-OH is 3. The van der Waals surface area contributed by atoms with Crippen molar-refractivity contribution in [2.45, 2.75) is 24.1 Å². The minimum atomic E-state index is -2.83. The number of nitrogens with one attached hydrogen (secondary N) is 1. The van der Waals surface area contributed by atoms with Gasteiger partial charge < -0.3 is 25.7 Å². The molecule has 1 fully saturated rings. The van der Waals surface area contributed by atoms with E-state index in [1.165, 1.54) is 0 Å². The van der Waals surface area contributed by atoms with E-state index >= 15 is 0 Å². The van der Waals surface area contributed by atoms with Crippen LogP contribution < -0.4 is 5.32 Å². The van der Waals surface area contributed by atoms with Gasteiger partial charge in [-0.25, -0.2) is 4.39 Å². The van der Waals surface area contributed by atoms with Gasteiger partial charge in [0.05, 0.1) is 19.2 Å². The highest BCUT2D eigenvalue weighted by Gasteiger charge is 2.47. The zero-order valence-electron chi connectivity index (χ0n) is 6.31. The molecule has 1 saturated heterocycles. The van der Waals surface area contributed by atoms with Crippen LogP contribution in [0.5, 0.6) is 0 Å². The summed E-state index contributed by atoms with van der Waals surface area (Å²) in [5.41, 5.74) is 0. The Hall–Kier alpha value is -0.270. The van der Waals surface area contributed by atoms with E-state index in [0.29, 0.717) is 0 Å². The van der Waals surface area contributed by atoms with E-state index in [1.807, 2.05) is 0 Å². The highest BCUT2D eigenvalue weighted by Crippen LogP contribution is 2.21. The normalized spacial score (nSPS) is 49.2. The zero-order chi connectivity index (χ0) is 9.35. The summed E-state index contributed by atoms with van der Waals surface area (Å²) in [4.78, 5) is 0. The van der Waals surface area contributed by atoms with Crippen LogP contribution in [0, 0.1) is 0 Å². The van der Waals surface area contributed by atoms with Crippen molar-refractivity contribution in [2.24, 2.45) is 0 Å². The van der Waals surface area contributed by atoms with Gasteiger partial charge in [-0.15, -0.1) is 0 Å². The molecule has 0 aromatic rings. The smallest absolute Gasteiger partial charge is 0.248 e. The Labute approximate surface area is 68.5 Å². The summed E-state index contributed by atoms with van der Waals surface area (Å²) in [6, 6.07) is -0.795. The van der Waals surface area contributed by atoms with E-state index in [2.05, 4.69) is 5.32 Å². The predicted octanol–water partition coefficient (Wildman–Crippen LogP) is -2.67. The Morgan fingerprint density at radius 3 is 2.58 bits per heavy atom. The van der Waals surface area contributed by atoms with Crippen LogP contribution in [0.15, 0.2) is 0 Å². The molecule has 0 spiro atoms. The van der Waals surface area contributed by atoms with Crippen LogP contribution in [-0.2, 0) is 0 Å². The lowest BCUT2D eigenvalue weighted by atomic mass is 9.95. The van der Waals surface area contributed by atoms with Crippen molar-refractivity contribution in [3.8, 4) is 0 Å². The number of hydrogen-bond donors (Lipinski definition) is 5. The van der Waals surface area contributed by atoms with E-state index in [9.17, 15) is 4.39 Å². The molecule has 1 heterocycles. The summed E-state index contributed by atoms with van der Waals surface area (Å²) in [6.07, 6.45) is -3.38. The summed E-state index contributed by atoms with van der Waals surface area (Å²) in [5.74, 6) is -2.83. The van der Waals surface area contributed by atoms with E-state index in [-0.39, 0.29) is 0 Å². The number of hydrogen-bond acceptors (Lipinski definition) is 5. The van der Waals surface area contributed by atoms with Gasteiger partial charge >= 0.3 is 0 Å². The third kappa shape index (κ3) is 1.57. The van der Waals surface area contributed by atoms with Crippen molar-refractivity contribution in [1.82, 2.24) is 5.32 Å². The summed E-state index contributed by atoms with van der Waals surface area (Å²) >= 11 is 0. The maximum atomic E-state index is 12.8. The van der Waals surface area contributed by atoms with Crippen LogP contribution in [0.1, 0.15) is 0 Å². The number of rotatable bonds is 1. The zero-order valence-corrected chi connectivity index (χ0v) is 6.31. The number of aliphatic hydroxyl groups is 4. The Bertz CT molecular complexity index is 166. The second-order valence-electron chi connectivity index (χ2n) is 2.92.